The van der Waals surface area contributed by atoms with E-state index in [0.717, 1.165) is 32.0 Å². The maximum Gasteiger partial charge on any atom is 0.220 e. The summed E-state index contributed by atoms with van der Waals surface area (Å²) in [6, 6.07) is 0.649. The number of carbonyl (C=O) groups is 3. The smallest absolute Gasteiger partial charge is 0.220 e. The van der Waals surface area contributed by atoms with Crippen LogP contribution in [0.5, 0.6) is 0 Å². The molecule has 1 unspecified atom stereocenters. The van der Waals surface area contributed by atoms with Gasteiger partial charge in [0.25, 0.3) is 0 Å². The third kappa shape index (κ3) is 16.2. The first-order valence-corrected chi connectivity index (χ1v) is 11.5. The molecule has 1 fully saturated rings. The highest BCUT2D eigenvalue weighted by Gasteiger charge is 2.27. The summed E-state index contributed by atoms with van der Waals surface area (Å²) < 4.78 is 5.06. The minimum absolute atomic E-state index is 0.0569. The molecule has 1 amide bonds. The lowest BCUT2D eigenvalue weighted by molar-refractivity contribution is -0.127. The van der Waals surface area contributed by atoms with Crippen molar-refractivity contribution in [1.82, 2.24) is 10.6 Å². The zero-order valence-corrected chi connectivity index (χ0v) is 19.7. The largest absolute Gasteiger partial charge is 0.379 e. The normalized spacial score (nSPS) is 19.0. The number of rotatable bonds is 12. The molecule has 1 aliphatic rings. The van der Waals surface area contributed by atoms with Gasteiger partial charge in [-0.2, -0.15) is 0 Å². The minimum Gasteiger partial charge on any atom is -0.379 e. The Morgan fingerprint density at radius 2 is 1.72 bits per heavy atom. The molecule has 29 heavy (non-hydrogen) atoms. The summed E-state index contributed by atoms with van der Waals surface area (Å²) in [7, 11) is 2.02. The van der Waals surface area contributed by atoms with Gasteiger partial charge in [0.15, 0.2) is 0 Å². The molecule has 6 nitrogen and oxygen atoms in total. The van der Waals surface area contributed by atoms with Gasteiger partial charge in [-0.25, -0.2) is 0 Å². The van der Waals surface area contributed by atoms with Gasteiger partial charge in [0.1, 0.15) is 12.1 Å². The zero-order valence-electron chi connectivity index (χ0n) is 19.7. The second kappa shape index (κ2) is 21.4. The first kappa shape index (κ1) is 29.9. The minimum atomic E-state index is 0.0569. The first-order valence-electron chi connectivity index (χ1n) is 11.5. The topological polar surface area (TPSA) is 84.5 Å². The van der Waals surface area contributed by atoms with Crippen LogP contribution < -0.4 is 10.6 Å². The van der Waals surface area contributed by atoms with E-state index in [0.29, 0.717) is 50.3 Å². The Morgan fingerprint density at radius 1 is 1.10 bits per heavy atom. The third-order valence-corrected chi connectivity index (χ3v) is 5.06. The molecule has 6 heteroatoms. The van der Waals surface area contributed by atoms with Crippen LogP contribution in [-0.4, -0.2) is 50.8 Å². The molecular weight excluding hydrogens is 368 g/mol. The lowest BCUT2D eigenvalue weighted by atomic mass is 9.79. The molecule has 0 aliphatic heterocycles. The Labute approximate surface area is 178 Å². The van der Waals surface area contributed by atoms with E-state index in [1.807, 2.05) is 27.8 Å². The van der Waals surface area contributed by atoms with E-state index < -0.39 is 0 Å². The fourth-order valence-corrected chi connectivity index (χ4v) is 3.08. The monoisotopic (exact) mass is 414 g/mol. The van der Waals surface area contributed by atoms with Gasteiger partial charge in [0.05, 0.1) is 13.2 Å². The van der Waals surface area contributed by atoms with E-state index in [1.165, 1.54) is 12.8 Å². The summed E-state index contributed by atoms with van der Waals surface area (Å²) in [6.45, 7) is 11.6. The molecule has 172 valence electrons. The molecule has 1 saturated carbocycles. The van der Waals surface area contributed by atoms with Crippen molar-refractivity contribution in [3.63, 3.8) is 0 Å². The van der Waals surface area contributed by atoms with Gasteiger partial charge < -0.3 is 20.2 Å². The summed E-state index contributed by atoms with van der Waals surface area (Å²) in [4.78, 5) is 32.7. The number of hydrogen-bond donors (Lipinski definition) is 2. The highest BCUT2D eigenvalue weighted by atomic mass is 16.5. The summed E-state index contributed by atoms with van der Waals surface area (Å²) in [5, 5.41) is 6.00. The quantitative estimate of drug-likeness (QED) is 0.373. The van der Waals surface area contributed by atoms with Crippen LogP contribution in [0, 0.1) is 11.8 Å². The SMILES string of the molecule is CC.CCC(C)C(=O)C1CCC(NC)CC1.CCCC(=O)NCCOCCC=O. The number of carbonyl (C=O) groups excluding carboxylic acids is 3. The second-order valence-electron chi connectivity index (χ2n) is 7.22. The number of hydrogen-bond acceptors (Lipinski definition) is 5. The van der Waals surface area contributed by atoms with Crippen molar-refractivity contribution in [2.45, 2.75) is 92.0 Å². The maximum absolute atomic E-state index is 11.9. The average molecular weight is 415 g/mol. The number of nitrogens with one attached hydrogen (secondary N) is 2. The molecule has 0 saturated heterocycles. The van der Waals surface area contributed by atoms with Gasteiger partial charge in [0, 0.05) is 37.3 Å². The number of Topliss-reactive ketones (excluding diaryl/α,β-unsaturated/α-hetero) is 1. The van der Waals surface area contributed by atoms with Gasteiger partial charge in [-0.15, -0.1) is 0 Å². The molecule has 0 aromatic heterocycles. The Morgan fingerprint density at radius 3 is 2.21 bits per heavy atom. The van der Waals surface area contributed by atoms with Crippen LogP contribution in [0.4, 0.5) is 0 Å². The lowest BCUT2D eigenvalue weighted by Gasteiger charge is -2.28. The number of aldehydes is 1. The van der Waals surface area contributed by atoms with Crippen molar-refractivity contribution in [1.29, 1.82) is 0 Å². The van der Waals surface area contributed by atoms with Gasteiger partial charge >= 0.3 is 0 Å². The van der Waals surface area contributed by atoms with E-state index >= 15 is 0 Å². The van der Waals surface area contributed by atoms with Gasteiger partial charge in [-0.05, 0) is 45.6 Å². The molecule has 2 N–H and O–H groups in total. The molecule has 0 heterocycles. The van der Waals surface area contributed by atoms with Crippen molar-refractivity contribution < 1.29 is 19.1 Å². The fraction of sp³-hybridized carbons (Fsp3) is 0.870. The summed E-state index contributed by atoms with van der Waals surface area (Å²) in [5.41, 5.74) is 0. The maximum atomic E-state index is 11.9. The average Bonchev–Trinajstić information content (AvgIpc) is 2.77. The number of amides is 1. The molecular formula is C23H46N2O4. The predicted octanol–water partition coefficient (Wildman–Crippen LogP) is 3.91. The van der Waals surface area contributed by atoms with Crippen molar-refractivity contribution >= 4 is 18.0 Å². The van der Waals surface area contributed by atoms with Crippen LogP contribution in [0.25, 0.3) is 0 Å². The Kier molecular flexibility index (Phi) is 22.1. The van der Waals surface area contributed by atoms with Crippen LogP contribution in [0.15, 0.2) is 0 Å². The van der Waals surface area contributed by atoms with E-state index in [9.17, 15) is 14.4 Å². The van der Waals surface area contributed by atoms with Crippen molar-refractivity contribution in [3.8, 4) is 0 Å². The number of ether oxygens (including phenoxy) is 1. The first-order chi connectivity index (χ1) is 14.0. The molecule has 1 aliphatic carbocycles. The van der Waals surface area contributed by atoms with Crippen LogP contribution in [0.3, 0.4) is 0 Å². The van der Waals surface area contributed by atoms with Gasteiger partial charge in [-0.1, -0.05) is 34.6 Å². The second-order valence-corrected chi connectivity index (χ2v) is 7.22. The van der Waals surface area contributed by atoms with Gasteiger partial charge in [-0.3, -0.25) is 9.59 Å². The fourth-order valence-electron chi connectivity index (χ4n) is 3.08. The predicted molar refractivity (Wildman–Crippen MR) is 120 cm³/mol. The van der Waals surface area contributed by atoms with Crippen LogP contribution >= 0.6 is 0 Å². The zero-order chi connectivity index (χ0) is 22.5. The van der Waals surface area contributed by atoms with Crippen LogP contribution in [0.1, 0.15) is 86.0 Å². The molecule has 0 radical (unpaired) electrons. The van der Waals surface area contributed by atoms with E-state index in [1.54, 1.807) is 0 Å². The molecule has 0 spiro atoms. The van der Waals surface area contributed by atoms with Crippen molar-refractivity contribution in [2.75, 3.05) is 26.8 Å². The lowest BCUT2D eigenvalue weighted by Crippen LogP contribution is -2.33. The Bertz CT molecular complexity index is 408. The molecule has 0 bridgehead atoms. The highest BCUT2D eigenvalue weighted by molar-refractivity contribution is 5.83. The van der Waals surface area contributed by atoms with E-state index in [2.05, 4.69) is 24.5 Å². The Hall–Kier alpha value is -1.27. The molecule has 0 aromatic rings. The summed E-state index contributed by atoms with van der Waals surface area (Å²) in [6.07, 6.45) is 8.17. The molecule has 1 rings (SSSR count). The summed E-state index contributed by atoms with van der Waals surface area (Å²) in [5.74, 6) is 1.18. The summed E-state index contributed by atoms with van der Waals surface area (Å²) >= 11 is 0. The van der Waals surface area contributed by atoms with Crippen molar-refractivity contribution in [2.24, 2.45) is 11.8 Å². The van der Waals surface area contributed by atoms with E-state index in [4.69, 9.17) is 4.74 Å². The van der Waals surface area contributed by atoms with Crippen molar-refractivity contribution in [3.05, 3.63) is 0 Å². The standard InChI is InChI=1S/C12H23NO.C9H17NO3.C2H6/c1-4-9(2)12(14)10-5-7-11(13-3)8-6-10;1-2-4-9(12)10-5-8-13-7-3-6-11;1-2/h9-11,13H,4-8H2,1-3H3;6H,2-5,7-8H2,1H3,(H,10,12);1-2H3. The van der Waals surface area contributed by atoms with Gasteiger partial charge in [0.2, 0.25) is 5.91 Å². The third-order valence-electron chi connectivity index (χ3n) is 5.06. The Balaban J connectivity index is 0. The van der Waals surface area contributed by atoms with Crippen LogP contribution in [0.2, 0.25) is 0 Å². The number of ketones is 1. The molecule has 1 atom stereocenters. The van der Waals surface area contributed by atoms with E-state index in [-0.39, 0.29) is 11.8 Å². The molecule has 0 aromatic carbocycles. The highest BCUT2D eigenvalue weighted by Crippen LogP contribution is 2.27. The van der Waals surface area contributed by atoms with Crippen LogP contribution in [-0.2, 0) is 19.1 Å².